The minimum Gasteiger partial charge on any atom is -0.494 e. The summed E-state index contributed by atoms with van der Waals surface area (Å²) >= 11 is 1.55. The number of aryl methyl sites for hydroxylation is 1. The fourth-order valence-electron chi connectivity index (χ4n) is 2.08. The first-order valence-electron chi connectivity index (χ1n) is 6.98. The number of carbonyl (C=O) groups is 1. The fraction of sp³-hybridized carbons (Fsp3) is 0.176. The number of carbonyl (C=O) groups excluding carboxylic acids is 1. The van der Waals surface area contributed by atoms with E-state index in [1.165, 1.54) is 0 Å². The smallest absolute Gasteiger partial charge is 0.363 e. The van der Waals surface area contributed by atoms with Crippen LogP contribution in [0.3, 0.4) is 0 Å². The van der Waals surface area contributed by atoms with Crippen molar-refractivity contribution in [3.8, 4) is 5.75 Å². The average molecular weight is 313 g/mol. The van der Waals surface area contributed by atoms with Crippen LogP contribution in [0.25, 0.3) is 6.08 Å². The number of thiophene rings is 1. The summed E-state index contributed by atoms with van der Waals surface area (Å²) in [5, 5.41) is 0. The number of rotatable bonds is 4. The molecule has 112 valence electrons. The number of benzene rings is 1. The van der Waals surface area contributed by atoms with Crippen LogP contribution in [-0.4, -0.2) is 18.5 Å². The molecule has 0 saturated carbocycles. The molecule has 0 spiro atoms. The van der Waals surface area contributed by atoms with Crippen LogP contribution < -0.4 is 4.74 Å². The van der Waals surface area contributed by atoms with E-state index in [0.29, 0.717) is 18.2 Å². The summed E-state index contributed by atoms with van der Waals surface area (Å²) in [6, 6.07) is 11.4. The summed E-state index contributed by atoms with van der Waals surface area (Å²) in [4.78, 5) is 18.3. The van der Waals surface area contributed by atoms with Crippen molar-refractivity contribution in [1.29, 1.82) is 0 Å². The Morgan fingerprint density at radius 1 is 1.32 bits per heavy atom. The monoisotopic (exact) mass is 313 g/mol. The molecule has 1 aliphatic heterocycles. The molecule has 0 fully saturated rings. The van der Waals surface area contributed by atoms with Gasteiger partial charge < -0.3 is 9.47 Å². The zero-order valence-corrected chi connectivity index (χ0v) is 13.1. The van der Waals surface area contributed by atoms with Gasteiger partial charge in [0, 0.05) is 4.88 Å². The van der Waals surface area contributed by atoms with Gasteiger partial charge in [0.15, 0.2) is 5.70 Å². The molecule has 4 nitrogen and oxygen atoms in total. The van der Waals surface area contributed by atoms with Gasteiger partial charge in [-0.2, -0.15) is 0 Å². The van der Waals surface area contributed by atoms with E-state index in [0.717, 1.165) is 21.1 Å². The number of esters is 1. The highest BCUT2D eigenvalue weighted by molar-refractivity contribution is 7.14. The minimum absolute atomic E-state index is 0.301. The van der Waals surface area contributed by atoms with E-state index >= 15 is 0 Å². The second-order valence-electron chi connectivity index (χ2n) is 4.75. The molecule has 22 heavy (non-hydrogen) atoms. The molecular weight excluding hydrogens is 298 g/mol. The Hall–Kier alpha value is -2.40. The topological polar surface area (TPSA) is 47.9 Å². The molecule has 5 heteroatoms. The lowest BCUT2D eigenvalue weighted by molar-refractivity contribution is -0.129. The second-order valence-corrected chi connectivity index (χ2v) is 6.04. The molecule has 1 aromatic carbocycles. The van der Waals surface area contributed by atoms with Crippen LogP contribution in [0.5, 0.6) is 5.75 Å². The van der Waals surface area contributed by atoms with Crippen LogP contribution in [0, 0.1) is 6.92 Å². The Morgan fingerprint density at radius 3 is 2.91 bits per heavy atom. The first-order chi connectivity index (χ1) is 10.7. The molecule has 0 atom stereocenters. The molecule has 0 N–H and O–H groups in total. The summed E-state index contributed by atoms with van der Waals surface area (Å²) in [7, 11) is 0. The Bertz CT molecular complexity index is 774. The van der Waals surface area contributed by atoms with E-state index in [1.807, 2.05) is 50.2 Å². The lowest BCUT2D eigenvalue weighted by Crippen LogP contribution is -2.03. The number of hydrogen-bond donors (Lipinski definition) is 0. The van der Waals surface area contributed by atoms with Crippen LogP contribution in [0.15, 0.2) is 47.1 Å². The van der Waals surface area contributed by atoms with Crippen molar-refractivity contribution in [2.75, 3.05) is 6.61 Å². The zero-order chi connectivity index (χ0) is 15.5. The van der Waals surface area contributed by atoms with Crippen molar-refractivity contribution in [2.24, 2.45) is 4.99 Å². The van der Waals surface area contributed by atoms with Gasteiger partial charge in [-0.15, -0.1) is 11.3 Å². The number of hydrogen-bond acceptors (Lipinski definition) is 5. The van der Waals surface area contributed by atoms with Crippen molar-refractivity contribution >= 4 is 29.3 Å². The molecule has 0 radical (unpaired) electrons. The predicted molar refractivity (Wildman–Crippen MR) is 87.3 cm³/mol. The predicted octanol–water partition coefficient (Wildman–Crippen LogP) is 3.80. The molecule has 3 rings (SSSR count). The van der Waals surface area contributed by atoms with Crippen LogP contribution in [0.2, 0.25) is 0 Å². The fourth-order valence-corrected chi connectivity index (χ4v) is 2.88. The molecule has 0 unspecified atom stereocenters. The Morgan fingerprint density at radius 2 is 2.18 bits per heavy atom. The first kappa shape index (κ1) is 14.5. The van der Waals surface area contributed by atoms with Gasteiger partial charge in [0.2, 0.25) is 5.90 Å². The molecular formula is C17H15NO3S. The third-order valence-corrected chi connectivity index (χ3v) is 4.03. The molecule has 0 bridgehead atoms. The first-order valence-corrected chi connectivity index (χ1v) is 7.79. The van der Waals surface area contributed by atoms with Gasteiger partial charge >= 0.3 is 5.97 Å². The molecule has 2 heterocycles. The highest BCUT2D eigenvalue weighted by Crippen LogP contribution is 2.24. The molecule has 1 aliphatic rings. The van der Waals surface area contributed by atoms with Crippen molar-refractivity contribution in [3.05, 3.63) is 57.4 Å². The SMILES string of the molecule is CCOc1cccc(/C=C2/N=C(c3ccc(C)s3)OC2=O)c1. The Balaban J connectivity index is 1.89. The Kier molecular flexibility index (Phi) is 4.06. The van der Waals surface area contributed by atoms with Crippen LogP contribution in [-0.2, 0) is 9.53 Å². The van der Waals surface area contributed by atoms with Gasteiger partial charge in [-0.3, -0.25) is 0 Å². The van der Waals surface area contributed by atoms with Gasteiger partial charge in [-0.1, -0.05) is 12.1 Å². The van der Waals surface area contributed by atoms with Gasteiger partial charge in [0.25, 0.3) is 0 Å². The lowest BCUT2D eigenvalue weighted by atomic mass is 10.2. The molecule has 1 aromatic heterocycles. The number of aliphatic imine (C=N–C) groups is 1. The standard InChI is InChI=1S/C17H15NO3S/c1-3-20-13-6-4-5-12(9-13)10-14-17(19)21-16(18-14)15-8-7-11(2)22-15/h4-10H,3H2,1-2H3/b14-10+. The van der Waals surface area contributed by atoms with Gasteiger partial charge in [0.05, 0.1) is 11.5 Å². The summed E-state index contributed by atoms with van der Waals surface area (Å²) < 4.78 is 10.7. The normalized spacial score (nSPS) is 15.8. The quantitative estimate of drug-likeness (QED) is 0.637. The van der Waals surface area contributed by atoms with E-state index < -0.39 is 5.97 Å². The van der Waals surface area contributed by atoms with Gasteiger partial charge in [0.1, 0.15) is 5.75 Å². The number of cyclic esters (lactones) is 1. The molecule has 0 saturated heterocycles. The number of ether oxygens (including phenoxy) is 2. The van der Waals surface area contributed by atoms with Crippen molar-refractivity contribution in [3.63, 3.8) is 0 Å². The average Bonchev–Trinajstić information content (AvgIpc) is 3.07. The third kappa shape index (κ3) is 3.09. The van der Waals surface area contributed by atoms with Crippen LogP contribution in [0.4, 0.5) is 0 Å². The maximum atomic E-state index is 11.9. The van der Waals surface area contributed by atoms with E-state index in [2.05, 4.69) is 4.99 Å². The second kappa shape index (κ2) is 6.15. The minimum atomic E-state index is -0.428. The van der Waals surface area contributed by atoms with Gasteiger partial charge in [-0.05, 0) is 49.8 Å². The summed E-state index contributed by atoms with van der Waals surface area (Å²) in [6.45, 7) is 4.53. The lowest BCUT2D eigenvalue weighted by Gasteiger charge is -2.03. The maximum absolute atomic E-state index is 11.9. The van der Waals surface area contributed by atoms with Gasteiger partial charge in [-0.25, -0.2) is 9.79 Å². The summed E-state index contributed by atoms with van der Waals surface area (Å²) in [5.41, 5.74) is 1.15. The van der Waals surface area contributed by atoms with Crippen molar-refractivity contribution in [1.82, 2.24) is 0 Å². The number of nitrogens with zero attached hydrogens (tertiary/aromatic N) is 1. The van der Waals surface area contributed by atoms with E-state index in [4.69, 9.17) is 9.47 Å². The van der Waals surface area contributed by atoms with Crippen molar-refractivity contribution < 1.29 is 14.3 Å². The third-order valence-electron chi connectivity index (χ3n) is 3.04. The largest absolute Gasteiger partial charge is 0.494 e. The van der Waals surface area contributed by atoms with E-state index in [9.17, 15) is 4.79 Å². The maximum Gasteiger partial charge on any atom is 0.363 e. The van der Waals surface area contributed by atoms with Crippen LogP contribution in [0.1, 0.15) is 22.2 Å². The zero-order valence-electron chi connectivity index (χ0n) is 12.3. The summed E-state index contributed by atoms with van der Waals surface area (Å²) in [5.74, 6) is 0.708. The highest BCUT2D eigenvalue weighted by Gasteiger charge is 2.24. The molecule has 0 aliphatic carbocycles. The summed E-state index contributed by atoms with van der Waals surface area (Å²) in [6.07, 6.45) is 1.71. The Labute approximate surface area is 132 Å². The van der Waals surface area contributed by atoms with E-state index in [1.54, 1.807) is 17.4 Å². The van der Waals surface area contributed by atoms with E-state index in [-0.39, 0.29) is 0 Å². The van der Waals surface area contributed by atoms with Crippen LogP contribution >= 0.6 is 11.3 Å². The van der Waals surface area contributed by atoms with Crippen molar-refractivity contribution in [2.45, 2.75) is 13.8 Å². The highest BCUT2D eigenvalue weighted by atomic mass is 32.1. The molecule has 0 amide bonds. The molecule has 2 aromatic rings.